The van der Waals surface area contributed by atoms with Crippen molar-refractivity contribution >= 4 is 43.2 Å². The van der Waals surface area contributed by atoms with Crippen LogP contribution in [0.25, 0.3) is 0 Å². The van der Waals surface area contributed by atoms with Gasteiger partial charge < -0.3 is 10.0 Å². The van der Waals surface area contributed by atoms with E-state index in [1.807, 2.05) is 13.1 Å². The van der Waals surface area contributed by atoms with Crippen LogP contribution >= 0.6 is 37.2 Å². The van der Waals surface area contributed by atoms with E-state index in [2.05, 4.69) is 49.1 Å². The molecule has 1 N–H and O–H groups in total. The molecule has 0 unspecified atom stereocenters. The lowest BCUT2D eigenvalue weighted by atomic mass is 9.75. The monoisotopic (exact) mass is 674 g/mol. The molecular formula is C34H54Cl3FN4O2. The highest BCUT2D eigenvalue weighted by molar-refractivity contribution is 5.86. The second-order valence-corrected chi connectivity index (χ2v) is 13.7. The number of nitrogens with zero attached hydrogens (tertiary/aromatic N) is 4. The molecule has 2 aromatic rings. The molecule has 1 saturated carbocycles. The van der Waals surface area contributed by atoms with Gasteiger partial charge in [0.2, 0.25) is 0 Å². The summed E-state index contributed by atoms with van der Waals surface area (Å²) >= 11 is 0. The fraction of sp³-hybridized carbons (Fsp3) is 0.706. The van der Waals surface area contributed by atoms with Gasteiger partial charge in [0, 0.05) is 29.7 Å². The van der Waals surface area contributed by atoms with E-state index in [9.17, 15) is 14.3 Å². The van der Waals surface area contributed by atoms with E-state index < -0.39 is 12.0 Å². The standard InChI is InChI=1S/C34H51FN4O2.3ClH/c1-7-29-27-13-14-34(31(27)39(9-3)36-29)15-17-38(18-16-34)22-25-19-24(21-28(25)23-11-10-12-26(35)20-23)30(32(40)41)37(6)33(4,5)8-2;;;/h10-12,20,24-25,28,30H,7-9,13-19,21-22H2,1-6H3,(H,40,41);3*1H/t24-,25+,28+,30-;;;/m0.../s1. The smallest absolute Gasteiger partial charge is 0.321 e. The SMILES string of the molecule is CCc1nn(CC)c2c1CCC21CCN(C[C@H]2C[C@H]([C@@H](C(=O)O)N(C)C(C)(C)CC)C[C@@H]2c2cccc(F)c2)CC1.Cl.Cl.Cl. The summed E-state index contributed by atoms with van der Waals surface area (Å²) < 4.78 is 16.7. The fourth-order valence-corrected chi connectivity index (χ4v) is 8.47. The first kappa shape index (κ1) is 38.8. The van der Waals surface area contributed by atoms with Crippen molar-refractivity contribution in [3.63, 3.8) is 0 Å². The van der Waals surface area contributed by atoms with E-state index in [4.69, 9.17) is 5.10 Å². The molecule has 1 spiro atoms. The second kappa shape index (κ2) is 15.5. The molecule has 44 heavy (non-hydrogen) atoms. The van der Waals surface area contributed by atoms with Crippen molar-refractivity contribution in [2.24, 2.45) is 11.8 Å². The molecule has 10 heteroatoms. The van der Waals surface area contributed by atoms with Crippen LogP contribution in [-0.2, 0) is 29.6 Å². The van der Waals surface area contributed by atoms with E-state index >= 15 is 0 Å². The molecule has 250 valence electrons. The molecule has 2 aliphatic carbocycles. The molecule has 2 fully saturated rings. The number of carboxylic acid groups (broad SMARTS) is 1. The third-order valence-corrected chi connectivity index (χ3v) is 11.4. The van der Waals surface area contributed by atoms with Crippen molar-refractivity contribution in [3.05, 3.63) is 52.6 Å². The number of piperidine rings is 1. The minimum absolute atomic E-state index is 0. The summed E-state index contributed by atoms with van der Waals surface area (Å²) in [6.45, 7) is 14.8. The number of likely N-dealkylation sites (tertiary alicyclic amines) is 1. The summed E-state index contributed by atoms with van der Waals surface area (Å²) in [5.74, 6) is -0.448. The number of aliphatic carboxylic acids is 1. The molecule has 2 heterocycles. The van der Waals surface area contributed by atoms with Gasteiger partial charge in [-0.15, -0.1) is 37.2 Å². The number of fused-ring (bicyclic) bond motifs is 2. The molecule has 4 atom stereocenters. The highest BCUT2D eigenvalue weighted by Gasteiger charge is 2.48. The number of hydrogen-bond donors (Lipinski definition) is 1. The van der Waals surface area contributed by atoms with Crippen LogP contribution < -0.4 is 0 Å². The van der Waals surface area contributed by atoms with Crippen LogP contribution in [0.1, 0.15) is 102 Å². The van der Waals surface area contributed by atoms with Gasteiger partial charge in [-0.2, -0.15) is 5.10 Å². The third kappa shape index (κ3) is 7.27. The summed E-state index contributed by atoms with van der Waals surface area (Å²) in [6.07, 6.45) is 8.22. The van der Waals surface area contributed by atoms with Crippen molar-refractivity contribution in [1.29, 1.82) is 0 Å². The molecule has 5 rings (SSSR count). The maximum Gasteiger partial charge on any atom is 0.321 e. The minimum atomic E-state index is -0.742. The van der Waals surface area contributed by atoms with Crippen LogP contribution in [0.15, 0.2) is 24.3 Å². The third-order valence-electron chi connectivity index (χ3n) is 11.4. The number of halogens is 4. The van der Waals surface area contributed by atoms with E-state index in [1.165, 1.54) is 29.4 Å². The number of rotatable bonds is 10. The van der Waals surface area contributed by atoms with Crippen LogP contribution in [0, 0.1) is 17.7 Å². The summed E-state index contributed by atoms with van der Waals surface area (Å²) in [5.41, 5.74) is 5.38. The predicted molar refractivity (Wildman–Crippen MR) is 184 cm³/mol. The van der Waals surface area contributed by atoms with Gasteiger partial charge in [0.25, 0.3) is 0 Å². The zero-order chi connectivity index (χ0) is 29.5. The highest BCUT2D eigenvalue weighted by Crippen LogP contribution is 2.50. The Morgan fingerprint density at radius 1 is 1.14 bits per heavy atom. The van der Waals surface area contributed by atoms with Gasteiger partial charge >= 0.3 is 5.97 Å². The zero-order valence-corrected chi connectivity index (χ0v) is 29.8. The second-order valence-electron chi connectivity index (χ2n) is 13.7. The highest BCUT2D eigenvalue weighted by atomic mass is 35.5. The Morgan fingerprint density at radius 2 is 1.82 bits per heavy atom. The first-order valence-electron chi connectivity index (χ1n) is 16.1. The van der Waals surface area contributed by atoms with Gasteiger partial charge in [0.15, 0.2) is 0 Å². The molecule has 0 bridgehead atoms. The quantitative estimate of drug-likeness (QED) is 0.282. The molecule has 1 aromatic heterocycles. The average Bonchev–Trinajstić information content (AvgIpc) is 3.64. The number of carboxylic acids is 1. The summed E-state index contributed by atoms with van der Waals surface area (Å²) in [5, 5.41) is 15.4. The van der Waals surface area contributed by atoms with Crippen molar-refractivity contribution < 1.29 is 14.3 Å². The maximum atomic E-state index is 14.4. The average molecular weight is 676 g/mol. The summed E-state index contributed by atoms with van der Waals surface area (Å²) in [6, 6.07) is 6.49. The van der Waals surface area contributed by atoms with Gasteiger partial charge in [0.05, 0.1) is 5.69 Å². The number of hydrogen-bond acceptors (Lipinski definition) is 4. The Hall–Kier alpha value is -1.38. The Balaban J connectivity index is 0.00000225. The molecule has 1 aliphatic heterocycles. The lowest BCUT2D eigenvalue weighted by Crippen LogP contribution is -2.53. The Bertz CT molecular complexity index is 1250. The maximum absolute atomic E-state index is 14.4. The van der Waals surface area contributed by atoms with Crippen molar-refractivity contribution in [2.75, 3.05) is 26.7 Å². The fourth-order valence-electron chi connectivity index (χ4n) is 8.47. The number of likely N-dealkylation sites (N-methyl/N-ethyl adjacent to an activating group) is 1. The van der Waals surface area contributed by atoms with Gasteiger partial charge in [-0.25, -0.2) is 4.39 Å². The number of aryl methyl sites for hydroxylation is 2. The molecule has 0 radical (unpaired) electrons. The van der Waals surface area contributed by atoms with E-state index in [1.54, 1.807) is 12.1 Å². The topological polar surface area (TPSA) is 61.6 Å². The number of aromatic nitrogens is 2. The van der Waals surface area contributed by atoms with E-state index in [0.29, 0.717) is 5.92 Å². The van der Waals surface area contributed by atoms with Gasteiger partial charge in [-0.05, 0) is 133 Å². The Labute approximate surface area is 282 Å². The van der Waals surface area contributed by atoms with Crippen LogP contribution in [-0.4, -0.2) is 68.9 Å². The predicted octanol–water partition coefficient (Wildman–Crippen LogP) is 7.53. The molecule has 3 aliphatic rings. The largest absolute Gasteiger partial charge is 0.480 e. The van der Waals surface area contributed by atoms with Gasteiger partial charge in [-0.1, -0.05) is 26.0 Å². The normalized spacial score (nSPS) is 23.5. The lowest BCUT2D eigenvalue weighted by molar-refractivity contribution is -0.147. The van der Waals surface area contributed by atoms with Crippen LogP contribution in [0.3, 0.4) is 0 Å². The first-order valence-corrected chi connectivity index (χ1v) is 16.1. The molecule has 6 nitrogen and oxygen atoms in total. The van der Waals surface area contributed by atoms with E-state index in [-0.39, 0.29) is 65.8 Å². The zero-order valence-electron chi connectivity index (χ0n) is 27.4. The van der Waals surface area contributed by atoms with Crippen LogP contribution in [0.5, 0.6) is 0 Å². The molecular weight excluding hydrogens is 622 g/mol. The molecule has 0 amide bonds. The summed E-state index contributed by atoms with van der Waals surface area (Å²) in [7, 11) is 1.97. The van der Waals surface area contributed by atoms with Gasteiger partial charge in [0.1, 0.15) is 11.9 Å². The van der Waals surface area contributed by atoms with Gasteiger partial charge in [-0.3, -0.25) is 14.4 Å². The van der Waals surface area contributed by atoms with Crippen molar-refractivity contribution in [1.82, 2.24) is 19.6 Å². The Kier molecular flexibility index (Phi) is 13.6. The minimum Gasteiger partial charge on any atom is -0.480 e. The number of benzene rings is 1. The first-order chi connectivity index (χ1) is 19.5. The summed E-state index contributed by atoms with van der Waals surface area (Å²) in [4.78, 5) is 17.4. The van der Waals surface area contributed by atoms with Crippen molar-refractivity contribution in [3.8, 4) is 0 Å². The number of carbonyl (C=O) groups is 1. The van der Waals surface area contributed by atoms with Crippen molar-refractivity contribution in [2.45, 2.75) is 115 Å². The van der Waals surface area contributed by atoms with Crippen LogP contribution in [0.2, 0.25) is 0 Å². The van der Waals surface area contributed by atoms with Crippen LogP contribution in [0.4, 0.5) is 4.39 Å². The molecule has 1 saturated heterocycles. The Morgan fingerprint density at radius 3 is 2.39 bits per heavy atom. The lowest BCUT2D eigenvalue weighted by Gasteiger charge is -2.42. The van der Waals surface area contributed by atoms with E-state index in [0.717, 1.165) is 76.7 Å². The molecule has 1 aromatic carbocycles.